The van der Waals surface area contributed by atoms with Crippen LogP contribution < -0.4 is 0 Å². The van der Waals surface area contributed by atoms with Crippen molar-refractivity contribution in [2.45, 2.75) is 99.7 Å². The van der Waals surface area contributed by atoms with Crippen molar-refractivity contribution in [1.29, 1.82) is 0 Å². The highest BCUT2D eigenvalue weighted by Crippen LogP contribution is 2.38. The zero-order chi connectivity index (χ0) is 20.3. The summed E-state index contributed by atoms with van der Waals surface area (Å²) in [6.07, 6.45) is 1.21. The largest absolute Gasteiger partial charge is 0.459 e. The van der Waals surface area contributed by atoms with Crippen LogP contribution in [0.25, 0.3) is 0 Å². The molecule has 0 rings (SSSR count). The van der Waals surface area contributed by atoms with Crippen molar-refractivity contribution < 1.29 is 19.1 Å². The van der Waals surface area contributed by atoms with Gasteiger partial charge in [0.15, 0.2) is 0 Å². The van der Waals surface area contributed by atoms with Crippen LogP contribution in [-0.2, 0) is 19.1 Å². The van der Waals surface area contributed by atoms with Gasteiger partial charge in [-0.15, -0.1) is 0 Å². The minimum absolute atomic E-state index is 0.126. The molecule has 0 saturated carbocycles. The number of ether oxygens (including phenoxy) is 2. The Labute approximate surface area is 154 Å². The van der Waals surface area contributed by atoms with E-state index in [1.165, 1.54) is 0 Å². The average Bonchev–Trinajstić information content (AvgIpc) is 2.44. The van der Waals surface area contributed by atoms with Crippen LogP contribution >= 0.6 is 0 Å². The minimum atomic E-state index is -0.625. The van der Waals surface area contributed by atoms with E-state index >= 15 is 0 Å². The Morgan fingerprint density at radius 2 is 1.12 bits per heavy atom. The Morgan fingerprint density at radius 1 is 0.760 bits per heavy atom. The summed E-state index contributed by atoms with van der Waals surface area (Å²) in [5.74, 6) is -0.986. The summed E-state index contributed by atoms with van der Waals surface area (Å²) in [4.78, 5) is 24.7. The lowest BCUT2D eigenvalue weighted by Gasteiger charge is -2.41. The first kappa shape index (κ1) is 23.7. The molecule has 146 valence electrons. The number of hydrogen-bond donors (Lipinski definition) is 0. The SMILES string of the molecule is C=C(CC(=O)OC(C)(CC)C(C)(C)C)C(=O)OC(C)(CC)C(C)(C)C. The summed E-state index contributed by atoms with van der Waals surface area (Å²) in [6, 6.07) is 0. The number of carbonyl (C=O) groups is 2. The lowest BCUT2D eigenvalue weighted by molar-refractivity contribution is -0.173. The Hall–Kier alpha value is -1.32. The van der Waals surface area contributed by atoms with E-state index < -0.39 is 23.1 Å². The molecule has 0 aliphatic rings. The first-order valence-electron chi connectivity index (χ1n) is 9.16. The molecule has 0 saturated heterocycles. The van der Waals surface area contributed by atoms with E-state index in [2.05, 4.69) is 6.58 Å². The van der Waals surface area contributed by atoms with Crippen molar-refractivity contribution in [2.75, 3.05) is 0 Å². The van der Waals surface area contributed by atoms with Gasteiger partial charge in [0.25, 0.3) is 0 Å². The fourth-order valence-electron chi connectivity index (χ4n) is 2.32. The van der Waals surface area contributed by atoms with Gasteiger partial charge in [-0.3, -0.25) is 4.79 Å². The molecule has 4 nitrogen and oxygen atoms in total. The van der Waals surface area contributed by atoms with Crippen molar-refractivity contribution in [3.8, 4) is 0 Å². The van der Waals surface area contributed by atoms with Crippen molar-refractivity contribution in [2.24, 2.45) is 10.8 Å². The third-order valence-electron chi connectivity index (χ3n) is 5.83. The van der Waals surface area contributed by atoms with Gasteiger partial charge >= 0.3 is 11.9 Å². The van der Waals surface area contributed by atoms with E-state index in [1.807, 2.05) is 69.2 Å². The van der Waals surface area contributed by atoms with Gasteiger partial charge in [-0.25, -0.2) is 4.79 Å². The Morgan fingerprint density at radius 3 is 1.44 bits per heavy atom. The van der Waals surface area contributed by atoms with Crippen LogP contribution in [0, 0.1) is 10.8 Å². The number of esters is 2. The highest BCUT2D eigenvalue weighted by Gasteiger charge is 2.41. The second kappa shape index (κ2) is 7.92. The number of rotatable bonds is 7. The molecule has 0 heterocycles. The zero-order valence-electron chi connectivity index (χ0n) is 18.0. The molecule has 2 atom stereocenters. The molecule has 0 spiro atoms. The maximum absolute atomic E-state index is 12.4. The Kier molecular flexibility index (Phi) is 7.50. The first-order chi connectivity index (χ1) is 11.0. The molecule has 0 fully saturated rings. The summed E-state index contributed by atoms with van der Waals surface area (Å²) < 4.78 is 11.4. The highest BCUT2D eigenvalue weighted by atomic mass is 16.6. The second-order valence-corrected chi connectivity index (χ2v) is 9.31. The van der Waals surface area contributed by atoms with Crippen LogP contribution in [-0.4, -0.2) is 23.1 Å². The fraction of sp³-hybridized carbons (Fsp3) is 0.810. The van der Waals surface area contributed by atoms with E-state index in [0.717, 1.165) is 0 Å². The van der Waals surface area contributed by atoms with Crippen LogP contribution in [0.2, 0.25) is 0 Å². The van der Waals surface area contributed by atoms with E-state index in [0.29, 0.717) is 12.8 Å². The van der Waals surface area contributed by atoms with Crippen molar-refractivity contribution in [3.05, 3.63) is 12.2 Å². The third-order valence-corrected chi connectivity index (χ3v) is 5.83. The molecule has 0 aromatic heterocycles. The van der Waals surface area contributed by atoms with Gasteiger partial charge in [0.05, 0.1) is 6.42 Å². The molecule has 25 heavy (non-hydrogen) atoms. The molecular formula is C21H38O4. The van der Waals surface area contributed by atoms with Crippen LogP contribution in [0.1, 0.15) is 88.5 Å². The minimum Gasteiger partial charge on any atom is -0.459 e. The van der Waals surface area contributed by atoms with Gasteiger partial charge in [-0.1, -0.05) is 62.0 Å². The maximum atomic E-state index is 12.4. The molecule has 4 heteroatoms. The van der Waals surface area contributed by atoms with Gasteiger partial charge < -0.3 is 9.47 Å². The van der Waals surface area contributed by atoms with Crippen molar-refractivity contribution >= 4 is 11.9 Å². The van der Waals surface area contributed by atoms with Crippen LogP contribution in [0.4, 0.5) is 0 Å². The summed E-state index contributed by atoms with van der Waals surface area (Å²) >= 11 is 0. The summed E-state index contributed by atoms with van der Waals surface area (Å²) in [5.41, 5.74) is -1.52. The van der Waals surface area contributed by atoms with Crippen molar-refractivity contribution in [1.82, 2.24) is 0 Å². The topological polar surface area (TPSA) is 52.6 Å². The molecule has 0 aliphatic carbocycles. The standard InChI is InChI=1S/C21H38O4/c1-12-20(10,18(4,5)6)24-16(22)14-15(3)17(23)25-21(11,13-2)19(7,8)9/h3,12-14H2,1-2,4-11H3. The monoisotopic (exact) mass is 354 g/mol. The summed E-state index contributed by atoms with van der Waals surface area (Å²) in [6.45, 7) is 23.7. The quantitative estimate of drug-likeness (QED) is 0.451. The predicted octanol–water partition coefficient (Wildman–Crippen LogP) is 5.45. The van der Waals surface area contributed by atoms with E-state index in [-0.39, 0.29) is 22.8 Å². The molecule has 0 N–H and O–H groups in total. The van der Waals surface area contributed by atoms with Gasteiger partial charge in [-0.2, -0.15) is 0 Å². The zero-order valence-corrected chi connectivity index (χ0v) is 18.0. The second-order valence-electron chi connectivity index (χ2n) is 9.31. The van der Waals surface area contributed by atoms with Gasteiger partial charge in [-0.05, 0) is 26.7 Å². The molecule has 0 bridgehead atoms. The maximum Gasteiger partial charge on any atom is 0.334 e. The number of carbonyl (C=O) groups excluding carboxylic acids is 2. The third kappa shape index (κ3) is 5.86. The Bertz CT molecular complexity index is 507. The predicted molar refractivity (Wildman–Crippen MR) is 102 cm³/mol. The molecule has 0 aromatic carbocycles. The summed E-state index contributed by atoms with van der Waals surface area (Å²) in [5, 5.41) is 0. The van der Waals surface area contributed by atoms with E-state index in [9.17, 15) is 9.59 Å². The van der Waals surface area contributed by atoms with E-state index in [4.69, 9.17) is 9.47 Å². The number of hydrogen-bond acceptors (Lipinski definition) is 4. The normalized spacial score (nSPS) is 17.2. The lowest BCUT2D eigenvalue weighted by Crippen LogP contribution is -2.45. The molecule has 0 aromatic rings. The molecule has 0 aliphatic heterocycles. The van der Waals surface area contributed by atoms with Gasteiger partial charge in [0.1, 0.15) is 11.2 Å². The Balaban J connectivity index is 5.00. The van der Waals surface area contributed by atoms with E-state index in [1.54, 1.807) is 0 Å². The highest BCUT2D eigenvalue weighted by molar-refractivity contribution is 5.93. The fourth-order valence-corrected chi connectivity index (χ4v) is 2.32. The smallest absolute Gasteiger partial charge is 0.334 e. The molecule has 0 radical (unpaired) electrons. The van der Waals surface area contributed by atoms with Crippen LogP contribution in [0.15, 0.2) is 12.2 Å². The van der Waals surface area contributed by atoms with Crippen LogP contribution in [0.5, 0.6) is 0 Å². The summed E-state index contributed by atoms with van der Waals surface area (Å²) in [7, 11) is 0. The molecule has 2 unspecified atom stereocenters. The average molecular weight is 355 g/mol. The first-order valence-corrected chi connectivity index (χ1v) is 9.16. The van der Waals surface area contributed by atoms with Gasteiger partial charge in [0.2, 0.25) is 0 Å². The lowest BCUT2D eigenvalue weighted by atomic mass is 9.76. The van der Waals surface area contributed by atoms with Gasteiger partial charge in [0, 0.05) is 16.4 Å². The molecule has 0 amide bonds. The van der Waals surface area contributed by atoms with Crippen molar-refractivity contribution in [3.63, 3.8) is 0 Å². The van der Waals surface area contributed by atoms with Crippen LogP contribution in [0.3, 0.4) is 0 Å². The molecular weight excluding hydrogens is 316 g/mol.